The number of nitrogens with zero attached hydrogens (tertiary/aromatic N) is 2. The second kappa shape index (κ2) is 8.72. The number of hydrogen-bond donors (Lipinski definition) is 4. The number of benzene rings is 1. The second-order valence-electron chi connectivity index (χ2n) is 7.27. The molecule has 2 heterocycles. The summed E-state index contributed by atoms with van der Waals surface area (Å²) >= 11 is 0. The monoisotopic (exact) mass is 379 g/mol. The van der Waals surface area contributed by atoms with Crippen LogP contribution in [0.3, 0.4) is 0 Å². The maximum Gasteiger partial charge on any atom is 0.307 e. The molecule has 0 bridgehead atoms. The number of anilines is 2. The Bertz CT molecular complexity index is 893. The molecular weight excluding hydrogens is 354 g/mol. The van der Waals surface area contributed by atoms with Gasteiger partial charge in [0, 0.05) is 25.3 Å². The van der Waals surface area contributed by atoms with Crippen molar-refractivity contribution in [1.82, 2.24) is 10.3 Å². The molecule has 0 spiro atoms. The zero-order valence-electron chi connectivity index (χ0n) is 16.1. The van der Waals surface area contributed by atoms with Crippen molar-refractivity contribution in [2.75, 3.05) is 23.7 Å². The van der Waals surface area contributed by atoms with E-state index >= 15 is 0 Å². The number of carboxylic acids is 1. The molecule has 1 aromatic heterocycles. The number of carboxylic acid groups (broad SMARTS) is 1. The topological polar surface area (TPSA) is 110 Å². The van der Waals surface area contributed by atoms with Gasteiger partial charge in [-0.25, -0.2) is 0 Å². The zero-order valence-corrected chi connectivity index (χ0v) is 16.1. The summed E-state index contributed by atoms with van der Waals surface area (Å²) in [5.41, 5.74) is 4.13. The lowest BCUT2D eigenvalue weighted by Crippen LogP contribution is -2.48. The molecule has 7 heteroatoms. The first kappa shape index (κ1) is 19.6. The molecular formula is C21H25N5O2. The van der Waals surface area contributed by atoms with Gasteiger partial charge in [0.2, 0.25) is 0 Å². The minimum atomic E-state index is -0.820. The number of aliphatic carboxylic acids is 1. The third kappa shape index (κ3) is 4.59. The van der Waals surface area contributed by atoms with Crippen LogP contribution in [0.1, 0.15) is 36.5 Å². The van der Waals surface area contributed by atoms with Crippen molar-refractivity contribution in [3.63, 3.8) is 0 Å². The van der Waals surface area contributed by atoms with E-state index in [-0.39, 0.29) is 24.4 Å². The fourth-order valence-corrected chi connectivity index (χ4v) is 3.40. The SMILES string of the molecule is CC(CN[C@H](C)[C@H]1CNc2cncc(C#N)c2N1)c1cccc(CC(=O)O)c1. The van der Waals surface area contributed by atoms with E-state index in [1.807, 2.05) is 24.3 Å². The minimum Gasteiger partial charge on any atom is -0.481 e. The van der Waals surface area contributed by atoms with Gasteiger partial charge in [-0.15, -0.1) is 0 Å². The summed E-state index contributed by atoms with van der Waals surface area (Å²) in [4.78, 5) is 15.0. The standard InChI is InChI=1S/C21H25N5O2/c1-13(16-5-3-4-15(6-16)7-20(27)28)9-24-14(2)18-12-25-19-11-23-10-17(8-22)21(19)26-18/h3-6,10-11,13-14,18,24-26H,7,9,12H2,1-2H3,(H,27,28)/t13?,14-,18-/m1/s1. The van der Waals surface area contributed by atoms with Crippen LogP contribution in [0.2, 0.25) is 0 Å². The largest absolute Gasteiger partial charge is 0.481 e. The Morgan fingerprint density at radius 1 is 1.43 bits per heavy atom. The van der Waals surface area contributed by atoms with Crippen LogP contribution in [0.25, 0.3) is 0 Å². The molecule has 2 aromatic rings. The van der Waals surface area contributed by atoms with E-state index in [9.17, 15) is 10.1 Å². The lowest BCUT2D eigenvalue weighted by Gasteiger charge is -2.33. The Hall–Kier alpha value is -3.11. The summed E-state index contributed by atoms with van der Waals surface area (Å²) in [6, 6.07) is 10.2. The number of carbonyl (C=O) groups is 1. The van der Waals surface area contributed by atoms with Crippen LogP contribution in [-0.4, -0.2) is 41.2 Å². The van der Waals surface area contributed by atoms with Crippen molar-refractivity contribution in [2.45, 2.75) is 38.3 Å². The molecule has 0 saturated heterocycles. The predicted molar refractivity (Wildman–Crippen MR) is 109 cm³/mol. The molecule has 1 aliphatic rings. The van der Waals surface area contributed by atoms with Gasteiger partial charge in [-0.2, -0.15) is 5.26 Å². The highest BCUT2D eigenvalue weighted by molar-refractivity contribution is 5.76. The van der Waals surface area contributed by atoms with E-state index in [1.54, 1.807) is 12.4 Å². The van der Waals surface area contributed by atoms with Gasteiger partial charge in [-0.05, 0) is 24.0 Å². The van der Waals surface area contributed by atoms with Crippen molar-refractivity contribution in [3.8, 4) is 6.07 Å². The lowest BCUT2D eigenvalue weighted by molar-refractivity contribution is -0.136. The van der Waals surface area contributed by atoms with Crippen LogP contribution in [0, 0.1) is 11.3 Å². The van der Waals surface area contributed by atoms with Crippen LogP contribution in [0.15, 0.2) is 36.7 Å². The third-order valence-electron chi connectivity index (χ3n) is 5.13. The maximum absolute atomic E-state index is 10.9. The van der Waals surface area contributed by atoms with Crippen molar-refractivity contribution in [1.29, 1.82) is 5.26 Å². The van der Waals surface area contributed by atoms with Gasteiger partial charge >= 0.3 is 5.97 Å². The highest BCUT2D eigenvalue weighted by Crippen LogP contribution is 2.29. The van der Waals surface area contributed by atoms with E-state index in [2.05, 4.69) is 40.9 Å². The first-order valence-electron chi connectivity index (χ1n) is 9.40. The summed E-state index contributed by atoms with van der Waals surface area (Å²) < 4.78 is 0. The Morgan fingerprint density at radius 3 is 3.00 bits per heavy atom. The third-order valence-corrected chi connectivity index (χ3v) is 5.13. The molecule has 0 saturated carbocycles. The number of nitriles is 1. The molecule has 28 heavy (non-hydrogen) atoms. The minimum absolute atomic E-state index is 0.0392. The quantitative estimate of drug-likeness (QED) is 0.585. The van der Waals surface area contributed by atoms with Crippen LogP contribution >= 0.6 is 0 Å². The van der Waals surface area contributed by atoms with E-state index in [1.165, 1.54) is 0 Å². The van der Waals surface area contributed by atoms with E-state index in [4.69, 9.17) is 5.11 Å². The van der Waals surface area contributed by atoms with E-state index in [0.717, 1.165) is 35.6 Å². The van der Waals surface area contributed by atoms with E-state index < -0.39 is 5.97 Å². The van der Waals surface area contributed by atoms with Crippen LogP contribution in [-0.2, 0) is 11.2 Å². The first-order chi connectivity index (χ1) is 13.5. The summed E-state index contributed by atoms with van der Waals surface area (Å²) in [7, 11) is 0. The first-order valence-corrected chi connectivity index (χ1v) is 9.40. The molecule has 3 rings (SSSR count). The second-order valence-corrected chi connectivity index (χ2v) is 7.27. The van der Waals surface area contributed by atoms with Crippen LogP contribution < -0.4 is 16.0 Å². The van der Waals surface area contributed by atoms with Gasteiger partial charge in [-0.3, -0.25) is 9.78 Å². The maximum atomic E-state index is 10.9. The summed E-state index contributed by atoms with van der Waals surface area (Å²) in [6.07, 6.45) is 3.33. The average molecular weight is 379 g/mol. The van der Waals surface area contributed by atoms with Gasteiger partial charge in [0.1, 0.15) is 6.07 Å². The smallest absolute Gasteiger partial charge is 0.307 e. The fourth-order valence-electron chi connectivity index (χ4n) is 3.40. The molecule has 4 N–H and O–H groups in total. The Kier molecular flexibility index (Phi) is 6.12. The van der Waals surface area contributed by atoms with Gasteiger partial charge in [0.15, 0.2) is 0 Å². The summed E-state index contributed by atoms with van der Waals surface area (Å²) in [5.74, 6) is -0.571. The Labute approximate surface area is 164 Å². The summed E-state index contributed by atoms with van der Waals surface area (Å²) in [5, 5.41) is 28.6. The van der Waals surface area contributed by atoms with Gasteiger partial charge in [-0.1, -0.05) is 31.2 Å². The van der Waals surface area contributed by atoms with Crippen molar-refractivity contribution >= 4 is 17.3 Å². The number of nitrogens with one attached hydrogen (secondary N) is 3. The Balaban J connectivity index is 1.59. The molecule has 146 valence electrons. The summed E-state index contributed by atoms with van der Waals surface area (Å²) in [6.45, 7) is 5.75. The van der Waals surface area contributed by atoms with E-state index in [0.29, 0.717) is 5.56 Å². The van der Waals surface area contributed by atoms with Crippen molar-refractivity contribution < 1.29 is 9.90 Å². The molecule has 1 aliphatic heterocycles. The number of pyridine rings is 1. The molecule has 0 fully saturated rings. The zero-order chi connectivity index (χ0) is 20.1. The number of fused-ring (bicyclic) bond motifs is 1. The number of hydrogen-bond acceptors (Lipinski definition) is 6. The molecule has 0 amide bonds. The van der Waals surface area contributed by atoms with Gasteiger partial charge in [0.25, 0.3) is 0 Å². The molecule has 3 atom stereocenters. The van der Waals surface area contributed by atoms with Gasteiger partial charge < -0.3 is 21.1 Å². The highest BCUT2D eigenvalue weighted by atomic mass is 16.4. The molecule has 1 aromatic carbocycles. The van der Waals surface area contributed by atoms with Crippen LogP contribution in [0.5, 0.6) is 0 Å². The fraction of sp³-hybridized carbons (Fsp3) is 0.381. The number of rotatable bonds is 7. The van der Waals surface area contributed by atoms with Crippen molar-refractivity contribution in [3.05, 3.63) is 53.3 Å². The normalized spacial score (nSPS) is 17.4. The van der Waals surface area contributed by atoms with Crippen LogP contribution in [0.4, 0.5) is 11.4 Å². The van der Waals surface area contributed by atoms with Gasteiger partial charge in [0.05, 0.1) is 35.6 Å². The molecule has 1 unspecified atom stereocenters. The lowest BCUT2D eigenvalue weighted by atomic mass is 9.97. The average Bonchev–Trinajstić information content (AvgIpc) is 2.70. The predicted octanol–water partition coefficient (Wildman–Crippen LogP) is 2.57. The highest BCUT2D eigenvalue weighted by Gasteiger charge is 2.24. The molecule has 0 radical (unpaired) electrons. The molecule has 0 aliphatic carbocycles. The van der Waals surface area contributed by atoms with Crippen molar-refractivity contribution in [2.24, 2.45) is 0 Å². The Morgan fingerprint density at radius 2 is 2.25 bits per heavy atom. The molecule has 7 nitrogen and oxygen atoms in total. The number of aromatic nitrogens is 1.